The molecule has 0 atom stereocenters. The molecule has 14 heavy (non-hydrogen) atoms. The van der Waals surface area contributed by atoms with Gasteiger partial charge in [-0.3, -0.25) is 4.79 Å². The van der Waals surface area contributed by atoms with Gasteiger partial charge in [0.2, 0.25) is 0 Å². The van der Waals surface area contributed by atoms with Crippen molar-refractivity contribution in [3.8, 4) is 5.75 Å². The smallest absolute Gasteiger partial charge is 0.307 e. The Morgan fingerprint density at radius 1 is 1.57 bits per heavy atom. The lowest BCUT2D eigenvalue weighted by Crippen LogP contribution is -1.90. The van der Waals surface area contributed by atoms with Crippen LogP contribution in [0.4, 0.5) is 0 Å². The Morgan fingerprint density at radius 2 is 2.29 bits per heavy atom. The molecule has 0 aliphatic heterocycles. The Hall–Kier alpha value is -1.55. The highest BCUT2D eigenvalue weighted by Crippen LogP contribution is 2.20. The lowest BCUT2D eigenvalue weighted by molar-refractivity contribution is -0.135. The fourth-order valence-corrected chi connectivity index (χ4v) is 0.975. The number of rotatable bonds is 3. The molecule has 1 aromatic rings. The summed E-state index contributed by atoms with van der Waals surface area (Å²) in [5.41, 5.74) is 0.508. The molecule has 0 spiro atoms. The second kappa shape index (κ2) is 4.62. The second-order valence-electron chi connectivity index (χ2n) is 2.55. The first-order valence-electron chi connectivity index (χ1n) is 3.83. The van der Waals surface area contributed by atoms with Gasteiger partial charge in [0.1, 0.15) is 0 Å². The summed E-state index contributed by atoms with van der Waals surface area (Å²) in [6.45, 7) is 0. The van der Waals surface area contributed by atoms with Crippen molar-refractivity contribution in [2.75, 3.05) is 0 Å². The first kappa shape index (κ1) is 10.5. The topological polar surface area (TPSA) is 70.4 Å². The average Bonchev–Trinajstić information content (AvgIpc) is 2.10. The van der Waals surface area contributed by atoms with E-state index in [0.717, 1.165) is 0 Å². The zero-order valence-electron chi connectivity index (χ0n) is 7.14. The molecule has 74 valence electrons. The van der Waals surface area contributed by atoms with Crippen molar-refractivity contribution in [3.05, 3.63) is 29.1 Å². The minimum absolute atomic E-state index is 0.00229. The Balaban J connectivity index is 2.73. The third kappa shape index (κ3) is 3.06. The van der Waals surface area contributed by atoms with Crippen molar-refractivity contribution in [1.29, 1.82) is 0 Å². The molecular formula is C9H8ClNO3. The number of halogens is 1. The van der Waals surface area contributed by atoms with Crippen molar-refractivity contribution in [2.45, 2.75) is 6.42 Å². The van der Waals surface area contributed by atoms with E-state index >= 15 is 0 Å². The number of aromatic nitrogens is 1. The molecule has 1 aromatic heterocycles. The van der Waals surface area contributed by atoms with Gasteiger partial charge in [-0.05, 0) is 18.2 Å². The summed E-state index contributed by atoms with van der Waals surface area (Å²) in [5.74, 6) is -1.01. The Kier molecular flexibility index (Phi) is 3.48. The summed E-state index contributed by atoms with van der Waals surface area (Å²) in [7, 11) is 0. The molecule has 5 heteroatoms. The van der Waals surface area contributed by atoms with Gasteiger partial charge in [0.25, 0.3) is 0 Å². The van der Waals surface area contributed by atoms with Crippen molar-refractivity contribution in [1.82, 2.24) is 4.98 Å². The standard InChI is InChI=1S/C9H8ClNO3/c10-9-7(12)5-4-6(11-9)2-1-3-8(13)14/h1-2,4-5,12H,3H2,(H,13,14). The van der Waals surface area contributed by atoms with Crippen LogP contribution in [0.5, 0.6) is 5.75 Å². The minimum atomic E-state index is -0.911. The first-order chi connectivity index (χ1) is 6.59. The number of aromatic hydroxyl groups is 1. The molecule has 0 aromatic carbocycles. The molecule has 1 heterocycles. The van der Waals surface area contributed by atoms with Gasteiger partial charge in [-0.1, -0.05) is 17.7 Å². The summed E-state index contributed by atoms with van der Waals surface area (Å²) in [4.78, 5) is 14.0. The second-order valence-corrected chi connectivity index (χ2v) is 2.90. The van der Waals surface area contributed by atoms with Gasteiger partial charge in [-0.15, -0.1) is 0 Å². The van der Waals surface area contributed by atoms with Gasteiger partial charge in [-0.2, -0.15) is 0 Å². The maximum Gasteiger partial charge on any atom is 0.307 e. The predicted octanol–water partition coefficient (Wildman–Crippen LogP) is 1.93. The first-order valence-corrected chi connectivity index (χ1v) is 4.21. The Morgan fingerprint density at radius 3 is 2.86 bits per heavy atom. The van der Waals surface area contributed by atoms with Crippen molar-refractivity contribution in [2.24, 2.45) is 0 Å². The van der Waals surface area contributed by atoms with Crippen LogP contribution in [0, 0.1) is 0 Å². The third-order valence-electron chi connectivity index (χ3n) is 1.43. The molecule has 0 saturated heterocycles. The molecule has 0 amide bonds. The third-order valence-corrected chi connectivity index (χ3v) is 1.71. The van der Waals surface area contributed by atoms with Crippen molar-refractivity contribution < 1.29 is 15.0 Å². The quantitative estimate of drug-likeness (QED) is 0.753. The number of pyridine rings is 1. The largest absolute Gasteiger partial charge is 0.505 e. The monoisotopic (exact) mass is 213 g/mol. The van der Waals surface area contributed by atoms with Gasteiger partial charge >= 0.3 is 5.97 Å². The zero-order chi connectivity index (χ0) is 10.6. The van der Waals surface area contributed by atoms with Crippen LogP contribution in [0.25, 0.3) is 6.08 Å². The van der Waals surface area contributed by atoms with Crippen molar-refractivity contribution in [3.63, 3.8) is 0 Å². The number of nitrogens with zero attached hydrogens (tertiary/aromatic N) is 1. The van der Waals surface area contributed by atoms with Crippen LogP contribution in [-0.2, 0) is 4.79 Å². The molecule has 0 radical (unpaired) electrons. The van der Waals surface area contributed by atoms with Gasteiger partial charge < -0.3 is 10.2 Å². The molecule has 0 bridgehead atoms. The van der Waals surface area contributed by atoms with Gasteiger partial charge in [-0.25, -0.2) is 4.98 Å². The summed E-state index contributed by atoms with van der Waals surface area (Å²) in [5, 5.41) is 17.4. The zero-order valence-corrected chi connectivity index (χ0v) is 7.90. The van der Waals surface area contributed by atoms with E-state index in [9.17, 15) is 4.79 Å². The van der Waals surface area contributed by atoms with E-state index in [1.54, 1.807) is 6.07 Å². The van der Waals surface area contributed by atoms with Crippen LogP contribution in [0.3, 0.4) is 0 Å². The number of carboxylic acid groups (broad SMARTS) is 1. The van der Waals surface area contributed by atoms with E-state index in [-0.39, 0.29) is 17.3 Å². The Labute approximate surface area is 85.5 Å². The Bertz CT molecular complexity index is 376. The lowest BCUT2D eigenvalue weighted by atomic mass is 10.3. The number of hydrogen-bond donors (Lipinski definition) is 2. The van der Waals surface area contributed by atoms with Gasteiger partial charge in [0.05, 0.1) is 12.1 Å². The van der Waals surface area contributed by atoms with E-state index in [2.05, 4.69) is 4.98 Å². The maximum atomic E-state index is 10.2. The predicted molar refractivity (Wildman–Crippen MR) is 52.2 cm³/mol. The molecule has 0 saturated carbocycles. The minimum Gasteiger partial charge on any atom is -0.505 e. The van der Waals surface area contributed by atoms with E-state index < -0.39 is 5.97 Å². The molecule has 0 aliphatic carbocycles. The molecule has 0 unspecified atom stereocenters. The molecule has 4 nitrogen and oxygen atoms in total. The molecule has 0 fully saturated rings. The van der Waals surface area contributed by atoms with E-state index in [4.69, 9.17) is 21.8 Å². The van der Waals surface area contributed by atoms with Crippen LogP contribution >= 0.6 is 11.6 Å². The maximum absolute atomic E-state index is 10.2. The molecule has 0 aliphatic rings. The highest BCUT2D eigenvalue weighted by atomic mass is 35.5. The molecule has 2 N–H and O–H groups in total. The van der Waals surface area contributed by atoms with Gasteiger partial charge in [0.15, 0.2) is 10.9 Å². The summed E-state index contributed by atoms with van der Waals surface area (Å²) in [6, 6.07) is 2.94. The van der Waals surface area contributed by atoms with Crippen LogP contribution in [-0.4, -0.2) is 21.2 Å². The van der Waals surface area contributed by atoms with Crippen LogP contribution in [0.15, 0.2) is 18.2 Å². The molecular weight excluding hydrogens is 206 g/mol. The fourth-order valence-electron chi connectivity index (χ4n) is 0.814. The highest BCUT2D eigenvalue weighted by Gasteiger charge is 1.98. The van der Waals surface area contributed by atoms with Crippen LogP contribution in [0.2, 0.25) is 5.15 Å². The molecule has 1 rings (SSSR count). The van der Waals surface area contributed by atoms with Crippen LogP contribution in [0.1, 0.15) is 12.1 Å². The summed E-state index contributed by atoms with van der Waals surface area (Å²) >= 11 is 5.54. The lowest BCUT2D eigenvalue weighted by Gasteiger charge is -1.96. The van der Waals surface area contributed by atoms with Gasteiger partial charge in [0, 0.05) is 0 Å². The summed E-state index contributed by atoms with van der Waals surface area (Å²) in [6.07, 6.45) is 2.91. The average molecular weight is 214 g/mol. The van der Waals surface area contributed by atoms with E-state index in [1.807, 2.05) is 0 Å². The van der Waals surface area contributed by atoms with E-state index in [0.29, 0.717) is 5.69 Å². The SMILES string of the molecule is O=C(O)CC=Cc1ccc(O)c(Cl)n1. The number of carboxylic acids is 1. The summed E-state index contributed by atoms with van der Waals surface area (Å²) < 4.78 is 0. The van der Waals surface area contributed by atoms with E-state index in [1.165, 1.54) is 18.2 Å². The number of hydrogen-bond acceptors (Lipinski definition) is 3. The highest BCUT2D eigenvalue weighted by molar-refractivity contribution is 6.30. The normalized spacial score (nSPS) is 10.6. The fraction of sp³-hybridized carbons (Fsp3) is 0.111. The van der Waals surface area contributed by atoms with Crippen LogP contribution < -0.4 is 0 Å². The number of aliphatic carboxylic acids is 1. The van der Waals surface area contributed by atoms with Crippen molar-refractivity contribution >= 4 is 23.6 Å². The number of carbonyl (C=O) groups is 1.